The second kappa shape index (κ2) is 5.53. The van der Waals surface area contributed by atoms with Gasteiger partial charge >= 0.3 is 0 Å². The fraction of sp³-hybridized carbons (Fsp3) is 0.357. The average molecular weight is 229 g/mol. The van der Waals surface area contributed by atoms with Gasteiger partial charge < -0.3 is 5.32 Å². The minimum absolute atomic E-state index is 0.919. The van der Waals surface area contributed by atoms with Crippen LogP contribution < -0.4 is 5.32 Å². The molecular weight excluding hydrogens is 210 g/mol. The summed E-state index contributed by atoms with van der Waals surface area (Å²) in [6.45, 7) is 5.26. The van der Waals surface area contributed by atoms with Crippen molar-refractivity contribution in [2.45, 2.75) is 26.7 Å². The molecule has 3 nitrogen and oxygen atoms in total. The van der Waals surface area contributed by atoms with E-state index in [1.165, 1.54) is 18.4 Å². The Hall–Kier alpha value is -1.77. The van der Waals surface area contributed by atoms with Gasteiger partial charge in [0.25, 0.3) is 0 Å². The highest BCUT2D eigenvalue weighted by Crippen LogP contribution is 2.15. The van der Waals surface area contributed by atoms with E-state index in [-0.39, 0.29) is 0 Å². The summed E-state index contributed by atoms with van der Waals surface area (Å²) in [6.07, 6.45) is 6.17. The van der Waals surface area contributed by atoms with E-state index in [9.17, 15) is 0 Å². The molecule has 17 heavy (non-hydrogen) atoms. The monoisotopic (exact) mass is 229 g/mol. The van der Waals surface area contributed by atoms with Crippen molar-refractivity contribution in [3.63, 3.8) is 0 Å². The van der Waals surface area contributed by atoms with E-state index in [0.29, 0.717) is 0 Å². The number of unbranched alkanes of at least 4 members (excludes halogenated alkanes) is 1. The Morgan fingerprint density at radius 3 is 2.71 bits per heavy atom. The molecule has 90 valence electrons. The van der Waals surface area contributed by atoms with Crippen LogP contribution in [-0.2, 0) is 0 Å². The number of aromatic nitrogens is 2. The maximum absolute atomic E-state index is 4.34. The lowest BCUT2D eigenvalue weighted by Crippen LogP contribution is -2.07. The van der Waals surface area contributed by atoms with Crippen molar-refractivity contribution in [2.75, 3.05) is 11.9 Å². The van der Waals surface area contributed by atoms with Gasteiger partial charge in [0.2, 0.25) is 5.95 Å². The number of imidazole rings is 1. The van der Waals surface area contributed by atoms with E-state index in [1.807, 2.05) is 12.4 Å². The summed E-state index contributed by atoms with van der Waals surface area (Å²) in [5.41, 5.74) is 2.42. The summed E-state index contributed by atoms with van der Waals surface area (Å²) < 4.78 is 2.08. The van der Waals surface area contributed by atoms with Gasteiger partial charge in [-0.15, -0.1) is 0 Å². The number of aryl methyl sites for hydroxylation is 1. The Balaban J connectivity index is 2.15. The van der Waals surface area contributed by atoms with Crippen LogP contribution in [0.3, 0.4) is 0 Å². The topological polar surface area (TPSA) is 29.9 Å². The Morgan fingerprint density at radius 2 is 2.00 bits per heavy atom. The molecule has 0 radical (unpaired) electrons. The van der Waals surface area contributed by atoms with Crippen molar-refractivity contribution in [2.24, 2.45) is 0 Å². The third-order valence-electron chi connectivity index (χ3n) is 2.77. The predicted octanol–water partition coefficient (Wildman–Crippen LogP) is 3.39. The van der Waals surface area contributed by atoms with Crippen LogP contribution in [0.1, 0.15) is 25.3 Å². The first-order chi connectivity index (χ1) is 8.31. The second-order valence-corrected chi connectivity index (χ2v) is 4.24. The zero-order valence-electron chi connectivity index (χ0n) is 10.5. The largest absolute Gasteiger partial charge is 0.355 e. The number of hydrogen-bond donors (Lipinski definition) is 1. The molecule has 0 spiro atoms. The minimum atomic E-state index is 0.919. The average Bonchev–Trinajstić information content (AvgIpc) is 2.79. The summed E-state index contributed by atoms with van der Waals surface area (Å²) in [4.78, 5) is 4.34. The molecule has 0 saturated heterocycles. The van der Waals surface area contributed by atoms with Crippen LogP contribution in [0, 0.1) is 6.92 Å². The Morgan fingerprint density at radius 1 is 1.24 bits per heavy atom. The first kappa shape index (κ1) is 11.7. The molecule has 2 aromatic rings. The molecule has 1 N–H and O–H groups in total. The maximum atomic E-state index is 4.34. The summed E-state index contributed by atoms with van der Waals surface area (Å²) in [5, 5.41) is 3.36. The highest BCUT2D eigenvalue weighted by atomic mass is 15.2. The third-order valence-corrected chi connectivity index (χ3v) is 2.77. The molecule has 0 amide bonds. The summed E-state index contributed by atoms with van der Waals surface area (Å²) in [5.74, 6) is 0.919. The van der Waals surface area contributed by atoms with E-state index in [0.717, 1.165) is 18.2 Å². The lowest BCUT2D eigenvalue weighted by molar-refractivity contribution is 0.823. The Labute approximate surface area is 103 Å². The molecule has 0 aliphatic rings. The molecule has 1 aromatic carbocycles. The predicted molar refractivity (Wildman–Crippen MR) is 71.7 cm³/mol. The molecule has 0 aliphatic heterocycles. The van der Waals surface area contributed by atoms with Gasteiger partial charge in [-0.3, -0.25) is 4.57 Å². The summed E-state index contributed by atoms with van der Waals surface area (Å²) >= 11 is 0. The smallest absolute Gasteiger partial charge is 0.207 e. The standard InChI is InChI=1S/C14H19N3/c1-3-4-9-15-14-16-10-11-17(14)13-7-5-12(2)6-8-13/h5-8,10-11H,3-4,9H2,1-2H3,(H,15,16). The number of anilines is 1. The normalized spacial score (nSPS) is 10.5. The van der Waals surface area contributed by atoms with Crippen molar-refractivity contribution >= 4 is 5.95 Å². The second-order valence-electron chi connectivity index (χ2n) is 4.24. The third kappa shape index (κ3) is 2.87. The van der Waals surface area contributed by atoms with Gasteiger partial charge in [0, 0.05) is 24.6 Å². The van der Waals surface area contributed by atoms with Gasteiger partial charge in [-0.1, -0.05) is 31.0 Å². The van der Waals surface area contributed by atoms with Crippen LogP contribution in [0.25, 0.3) is 5.69 Å². The van der Waals surface area contributed by atoms with Crippen LogP contribution in [-0.4, -0.2) is 16.1 Å². The summed E-state index contributed by atoms with van der Waals surface area (Å²) in [7, 11) is 0. The van der Waals surface area contributed by atoms with Crippen LogP contribution in [0.5, 0.6) is 0 Å². The lowest BCUT2D eigenvalue weighted by Gasteiger charge is -2.09. The Bertz CT molecular complexity index is 457. The van der Waals surface area contributed by atoms with Gasteiger partial charge in [-0.2, -0.15) is 0 Å². The van der Waals surface area contributed by atoms with Crippen LogP contribution >= 0.6 is 0 Å². The first-order valence-corrected chi connectivity index (χ1v) is 6.15. The van der Waals surface area contributed by atoms with Crippen molar-refractivity contribution in [1.82, 2.24) is 9.55 Å². The van der Waals surface area contributed by atoms with E-state index >= 15 is 0 Å². The molecular formula is C14H19N3. The van der Waals surface area contributed by atoms with Gasteiger partial charge in [0.1, 0.15) is 0 Å². The van der Waals surface area contributed by atoms with Crippen molar-refractivity contribution in [1.29, 1.82) is 0 Å². The fourth-order valence-electron chi connectivity index (χ4n) is 1.72. The highest BCUT2D eigenvalue weighted by molar-refractivity contribution is 5.42. The molecule has 0 atom stereocenters. The highest BCUT2D eigenvalue weighted by Gasteiger charge is 2.03. The van der Waals surface area contributed by atoms with Crippen molar-refractivity contribution in [3.05, 3.63) is 42.2 Å². The van der Waals surface area contributed by atoms with E-state index < -0.39 is 0 Å². The summed E-state index contributed by atoms with van der Waals surface area (Å²) in [6, 6.07) is 8.46. The molecule has 1 heterocycles. The van der Waals surface area contributed by atoms with Gasteiger partial charge in [-0.05, 0) is 25.5 Å². The van der Waals surface area contributed by atoms with Crippen LogP contribution in [0.15, 0.2) is 36.7 Å². The molecule has 0 bridgehead atoms. The minimum Gasteiger partial charge on any atom is -0.355 e. The lowest BCUT2D eigenvalue weighted by atomic mass is 10.2. The molecule has 3 heteroatoms. The number of benzene rings is 1. The van der Waals surface area contributed by atoms with Crippen molar-refractivity contribution < 1.29 is 0 Å². The van der Waals surface area contributed by atoms with Crippen molar-refractivity contribution in [3.8, 4) is 5.69 Å². The molecule has 0 fully saturated rings. The number of rotatable bonds is 5. The van der Waals surface area contributed by atoms with E-state index in [1.54, 1.807) is 0 Å². The Kier molecular flexibility index (Phi) is 3.81. The van der Waals surface area contributed by atoms with E-state index in [2.05, 4.69) is 53.0 Å². The first-order valence-electron chi connectivity index (χ1n) is 6.15. The molecule has 1 aromatic heterocycles. The fourth-order valence-corrected chi connectivity index (χ4v) is 1.72. The van der Waals surface area contributed by atoms with E-state index in [4.69, 9.17) is 0 Å². The van der Waals surface area contributed by atoms with Crippen LogP contribution in [0.2, 0.25) is 0 Å². The molecule has 0 saturated carbocycles. The van der Waals surface area contributed by atoms with Gasteiger partial charge in [-0.25, -0.2) is 4.98 Å². The molecule has 0 aliphatic carbocycles. The number of nitrogens with zero attached hydrogens (tertiary/aromatic N) is 2. The zero-order valence-corrected chi connectivity index (χ0v) is 10.5. The zero-order chi connectivity index (χ0) is 12.1. The quantitative estimate of drug-likeness (QED) is 0.796. The van der Waals surface area contributed by atoms with Gasteiger partial charge in [0.05, 0.1) is 0 Å². The van der Waals surface area contributed by atoms with Crippen LogP contribution in [0.4, 0.5) is 5.95 Å². The number of nitrogens with one attached hydrogen (secondary N) is 1. The molecule has 2 rings (SSSR count). The number of hydrogen-bond acceptors (Lipinski definition) is 2. The SMILES string of the molecule is CCCCNc1nccn1-c1ccc(C)cc1. The maximum Gasteiger partial charge on any atom is 0.207 e. The molecule has 0 unspecified atom stereocenters. The van der Waals surface area contributed by atoms with Gasteiger partial charge in [0.15, 0.2) is 0 Å².